The highest BCUT2D eigenvalue weighted by Crippen LogP contribution is 2.28. The number of carbonyl (C=O) groups excluding carboxylic acids is 2. The summed E-state index contributed by atoms with van der Waals surface area (Å²) in [6.45, 7) is 7.15. The lowest BCUT2D eigenvalue weighted by molar-refractivity contribution is -0.143. The quantitative estimate of drug-likeness (QED) is 0.292. The Morgan fingerprint density at radius 2 is 1.76 bits per heavy atom. The van der Waals surface area contributed by atoms with Crippen LogP contribution in [-0.4, -0.2) is 36.3 Å². The van der Waals surface area contributed by atoms with Crippen molar-refractivity contribution in [3.8, 4) is 11.5 Å². The molecule has 0 unspecified atom stereocenters. The Balaban J connectivity index is 1.92. The first-order valence-electron chi connectivity index (χ1n) is 11.3. The van der Waals surface area contributed by atoms with Gasteiger partial charge in [-0.25, -0.2) is 0 Å². The summed E-state index contributed by atoms with van der Waals surface area (Å²) >= 11 is 1.33. The fourth-order valence-corrected chi connectivity index (χ4v) is 4.37. The van der Waals surface area contributed by atoms with Crippen molar-refractivity contribution >= 4 is 33.4 Å². The van der Waals surface area contributed by atoms with Crippen LogP contribution in [0.25, 0.3) is 10.2 Å². The lowest BCUT2D eigenvalue weighted by Gasteiger charge is -2.09. The van der Waals surface area contributed by atoms with Crippen LogP contribution in [0, 0.1) is 0 Å². The Labute approximate surface area is 197 Å². The Bertz CT molecular complexity index is 1150. The van der Waals surface area contributed by atoms with E-state index in [4.69, 9.17) is 14.2 Å². The van der Waals surface area contributed by atoms with Gasteiger partial charge in [0.25, 0.3) is 5.91 Å². The van der Waals surface area contributed by atoms with Gasteiger partial charge in [0.15, 0.2) is 4.80 Å². The fourth-order valence-electron chi connectivity index (χ4n) is 3.32. The second-order valence-corrected chi connectivity index (χ2v) is 8.32. The number of hydrogen-bond acceptors (Lipinski definition) is 6. The molecule has 0 fully saturated rings. The average Bonchev–Trinajstić information content (AvgIpc) is 3.15. The molecule has 176 valence electrons. The molecule has 0 aliphatic heterocycles. The molecule has 0 bridgehead atoms. The van der Waals surface area contributed by atoms with Crippen LogP contribution in [0.1, 0.15) is 50.4 Å². The lowest BCUT2D eigenvalue weighted by atomic mass is 10.2. The minimum absolute atomic E-state index is 0.0609. The summed E-state index contributed by atoms with van der Waals surface area (Å²) in [5.41, 5.74) is 1.17. The van der Waals surface area contributed by atoms with Crippen LogP contribution in [-0.2, 0) is 16.1 Å². The van der Waals surface area contributed by atoms with Crippen LogP contribution in [0.4, 0.5) is 0 Å². The van der Waals surface area contributed by atoms with Crippen LogP contribution in [0.5, 0.6) is 11.5 Å². The standard InChI is InChI=1S/C25H30N2O5S/c1-4-7-8-16-32-19-14-12-18(13-15-19)24(29)26-25-27(17-22(28)31-6-3)23-20(30-5-2)10-9-11-21(23)33-25/h9-15H,4-8,16-17H2,1-3H3. The predicted octanol–water partition coefficient (Wildman–Crippen LogP) is 4.97. The van der Waals surface area contributed by atoms with Gasteiger partial charge in [0.2, 0.25) is 0 Å². The monoisotopic (exact) mass is 470 g/mol. The van der Waals surface area contributed by atoms with Gasteiger partial charge >= 0.3 is 5.97 Å². The van der Waals surface area contributed by atoms with Gasteiger partial charge in [-0.3, -0.25) is 9.59 Å². The Hall–Kier alpha value is -3.13. The summed E-state index contributed by atoms with van der Waals surface area (Å²) in [7, 11) is 0. The summed E-state index contributed by atoms with van der Waals surface area (Å²) in [5, 5.41) is 0. The van der Waals surface area contributed by atoms with E-state index >= 15 is 0 Å². The molecular formula is C25H30N2O5S. The number of esters is 1. The van der Waals surface area contributed by atoms with Gasteiger partial charge in [-0.1, -0.05) is 37.2 Å². The fraction of sp³-hybridized carbons (Fsp3) is 0.400. The van der Waals surface area contributed by atoms with Crippen molar-refractivity contribution in [1.82, 2.24) is 4.57 Å². The maximum Gasteiger partial charge on any atom is 0.326 e. The van der Waals surface area contributed by atoms with Crippen LogP contribution in [0.15, 0.2) is 47.5 Å². The maximum atomic E-state index is 12.9. The minimum Gasteiger partial charge on any atom is -0.494 e. The zero-order chi connectivity index (χ0) is 23.6. The number of thiazole rings is 1. The minimum atomic E-state index is -0.401. The van der Waals surface area contributed by atoms with Gasteiger partial charge in [0.1, 0.15) is 23.6 Å². The molecular weight excluding hydrogens is 440 g/mol. The molecule has 2 aromatic carbocycles. The van der Waals surface area contributed by atoms with Crippen LogP contribution >= 0.6 is 11.3 Å². The number of carbonyl (C=O) groups is 2. The normalized spacial score (nSPS) is 11.5. The molecule has 1 aromatic heterocycles. The van der Waals surface area contributed by atoms with E-state index in [0.29, 0.717) is 29.3 Å². The average molecular weight is 471 g/mol. The van der Waals surface area contributed by atoms with E-state index in [1.165, 1.54) is 11.3 Å². The SMILES string of the molecule is CCCCCOc1ccc(C(=O)N=c2sc3cccc(OCC)c3n2CC(=O)OCC)cc1. The molecule has 0 aliphatic rings. The third kappa shape index (κ3) is 6.44. The molecule has 33 heavy (non-hydrogen) atoms. The number of para-hydroxylation sites is 1. The molecule has 1 heterocycles. The van der Waals surface area contributed by atoms with Crippen LogP contribution in [0.2, 0.25) is 0 Å². The molecule has 8 heteroatoms. The Morgan fingerprint density at radius 1 is 0.970 bits per heavy atom. The summed E-state index contributed by atoms with van der Waals surface area (Å²) in [4.78, 5) is 29.9. The Kier molecular flexibility index (Phi) is 9.06. The number of amides is 1. The number of unbranched alkanes of at least 4 members (excludes halogenated alkanes) is 2. The highest BCUT2D eigenvalue weighted by atomic mass is 32.1. The van der Waals surface area contributed by atoms with Gasteiger partial charge in [0.05, 0.1) is 24.5 Å². The number of benzene rings is 2. The summed E-state index contributed by atoms with van der Waals surface area (Å²) in [6, 6.07) is 12.6. The third-order valence-corrected chi connectivity index (χ3v) is 5.92. The number of hydrogen-bond donors (Lipinski definition) is 0. The van der Waals surface area contributed by atoms with E-state index in [-0.39, 0.29) is 13.2 Å². The molecule has 1 amide bonds. The van der Waals surface area contributed by atoms with Gasteiger partial charge in [-0.05, 0) is 56.7 Å². The molecule has 3 aromatic rings. The van der Waals surface area contributed by atoms with E-state index in [1.807, 2.05) is 25.1 Å². The molecule has 0 spiro atoms. The van der Waals surface area contributed by atoms with E-state index < -0.39 is 11.9 Å². The molecule has 0 atom stereocenters. The van der Waals surface area contributed by atoms with E-state index in [2.05, 4.69) is 11.9 Å². The number of ether oxygens (including phenoxy) is 3. The van der Waals surface area contributed by atoms with E-state index in [0.717, 1.165) is 35.2 Å². The third-order valence-electron chi connectivity index (χ3n) is 4.87. The zero-order valence-corrected chi connectivity index (χ0v) is 20.2. The highest BCUT2D eigenvalue weighted by Gasteiger charge is 2.16. The van der Waals surface area contributed by atoms with Crippen LogP contribution in [0.3, 0.4) is 0 Å². The first kappa shape index (κ1) is 24.5. The first-order valence-corrected chi connectivity index (χ1v) is 12.1. The molecule has 3 rings (SSSR count). The van der Waals surface area contributed by atoms with Gasteiger partial charge in [-0.2, -0.15) is 4.99 Å². The van der Waals surface area contributed by atoms with Crippen molar-refractivity contribution in [3.63, 3.8) is 0 Å². The van der Waals surface area contributed by atoms with E-state index in [9.17, 15) is 9.59 Å². The smallest absolute Gasteiger partial charge is 0.326 e. The summed E-state index contributed by atoms with van der Waals surface area (Å²) in [5.74, 6) is 0.564. The second kappa shape index (κ2) is 12.2. The number of nitrogens with zero attached hydrogens (tertiary/aromatic N) is 2. The van der Waals surface area contributed by atoms with Crippen molar-refractivity contribution in [3.05, 3.63) is 52.8 Å². The van der Waals surface area contributed by atoms with Gasteiger partial charge in [0, 0.05) is 5.56 Å². The molecule has 0 saturated carbocycles. The molecule has 7 nitrogen and oxygen atoms in total. The lowest BCUT2D eigenvalue weighted by Crippen LogP contribution is -2.23. The highest BCUT2D eigenvalue weighted by molar-refractivity contribution is 7.16. The molecule has 0 aliphatic carbocycles. The number of fused-ring (bicyclic) bond motifs is 1. The first-order chi connectivity index (χ1) is 16.1. The largest absolute Gasteiger partial charge is 0.494 e. The van der Waals surface area contributed by atoms with E-state index in [1.54, 1.807) is 35.8 Å². The summed E-state index contributed by atoms with van der Waals surface area (Å²) < 4.78 is 19.2. The second-order valence-electron chi connectivity index (χ2n) is 7.31. The van der Waals surface area contributed by atoms with Crippen molar-refractivity contribution in [2.24, 2.45) is 4.99 Å². The van der Waals surface area contributed by atoms with Crippen molar-refractivity contribution in [1.29, 1.82) is 0 Å². The molecule has 0 radical (unpaired) electrons. The van der Waals surface area contributed by atoms with Crippen LogP contribution < -0.4 is 14.3 Å². The number of rotatable bonds is 11. The molecule has 0 saturated heterocycles. The predicted molar refractivity (Wildman–Crippen MR) is 129 cm³/mol. The molecule has 0 N–H and O–H groups in total. The Morgan fingerprint density at radius 3 is 2.45 bits per heavy atom. The van der Waals surface area contributed by atoms with Crippen molar-refractivity contribution in [2.45, 2.75) is 46.6 Å². The number of aromatic nitrogens is 1. The topological polar surface area (TPSA) is 79.1 Å². The van der Waals surface area contributed by atoms with Gasteiger partial charge in [-0.15, -0.1) is 0 Å². The zero-order valence-electron chi connectivity index (χ0n) is 19.3. The van der Waals surface area contributed by atoms with Crippen molar-refractivity contribution < 1.29 is 23.8 Å². The van der Waals surface area contributed by atoms with Gasteiger partial charge < -0.3 is 18.8 Å². The maximum absolute atomic E-state index is 12.9. The van der Waals surface area contributed by atoms with Crippen molar-refractivity contribution in [2.75, 3.05) is 19.8 Å². The summed E-state index contributed by atoms with van der Waals surface area (Å²) in [6.07, 6.45) is 3.27.